The van der Waals surface area contributed by atoms with E-state index in [2.05, 4.69) is 58.7 Å². The molecular formula is C24H36N6. The maximum Gasteiger partial charge on any atom is 0.191 e. The Morgan fingerprint density at radius 1 is 1.20 bits per heavy atom. The van der Waals surface area contributed by atoms with Crippen molar-refractivity contribution in [3.8, 4) is 0 Å². The maximum atomic E-state index is 4.98. The van der Waals surface area contributed by atoms with Crippen molar-refractivity contribution in [2.24, 2.45) is 4.99 Å². The van der Waals surface area contributed by atoms with E-state index in [1.165, 1.54) is 43.1 Å². The van der Waals surface area contributed by atoms with Crippen LogP contribution in [0, 0.1) is 0 Å². The van der Waals surface area contributed by atoms with Gasteiger partial charge in [-0.3, -0.25) is 0 Å². The van der Waals surface area contributed by atoms with Gasteiger partial charge in [0.1, 0.15) is 5.82 Å². The number of nitrogens with one attached hydrogen (secondary N) is 2. The Morgan fingerprint density at radius 2 is 1.93 bits per heavy atom. The zero-order valence-corrected chi connectivity index (χ0v) is 18.9. The Morgan fingerprint density at radius 3 is 2.63 bits per heavy atom. The molecule has 2 saturated heterocycles. The van der Waals surface area contributed by atoms with E-state index in [4.69, 9.17) is 9.98 Å². The Balaban J connectivity index is 1.53. The molecule has 2 aliphatic rings. The Bertz CT molecular complexity index is 878. The molecule has 30 heavy (non-hydrogen) atoms. The summed E-state index contributed by atoms with van der Waals surface area (Å²) in [6, 6.07) is 12.4. The smallest absolute Gasteiger partial charge is 0.191 e. The predicted octanol–water partition coefficient (Wildman–Crippen LogP) is 3.37. The first kappa shape index (κ1) is 20.9. The van der Waals surface area contributed by atoms with Gasteiger partial charge in [0.25, 0.3) is 0 Å². The van der Waals surface area contributed by atoms with Gasteiger partial charge in [-0.2, -0.15) is 0 Å². The number of pyridine rings is 1. The summed E-state index contributed by atoms with van der Waals surface area (Å²) >= 11 is 0. The fraction of sp³-hybridized carbons (Fsp3) is 0.583. The van der Waals surface area contributed by atoms with Crippen LogP contribution in [-0.4, -0.2) is 61.7 Å². The Kier molecular flexibility index (Phi) is 6.42. The van der Waals surface area contributed by atoms with Gasteiger partial charge in [0.2, 0.25) is 0 Å². The van der Waals surface area contributed by atoms with Gasteiger partial charge in [-0.15, -0.1) is 0 Å². The lowest BCUT2D eigenvalue weighted by Gasteiger charge is -2.47. The number of hydrogen-bond donors (Lipinski definition) is 2. The zero-order valence-electron chi connectivity index (χ0n) is 18.9. The van der Waals surface area contributed by atoms with Gasteiger partial charge in [0.05, 0.1) is 12.1 Å². The predicted molar refractivity (Wildman–Crippen MR) is 126 cm³/mol. The third-order valence-electron chi connectivity index (χ3n) is 6.68. The van der Waals surface area contributed by atoms with E-state index in [1.807, 2.05) is 20.2 Å². The molecule has 0 amide bonds. The molecule has 2 bridgehead atoms. The number of benzene rings is 1. The van der Waals surface area contributed by atoms with Gasteiger partial charge in [-0.25, -0.2) is 9.98 Å². The highest BCUT2D eigenvalue weighted by molar-refractivity contribution is 5.85. The second-order valence-corrected chi connectivity index (χ2v) is 8.96. The number of hydrogen-bond acceptors (Lipinski definition) is 4. The summed E-state index contributed by atoms with van der Waals surface area (Å²) in [4.78, 5) is 14.4. The standard InChI is InChI=1S/C24H36N6/c1-5-25-24(27-18-14-19-9-8-10-20(15-18)30(19)4)26-16-17-13-23(29(2)3)28-22-12-7-6-11-21(17)22/h6-7,11-13,18-20H,5,8-10,14-16H2,1-4H3,(H2,25,26,27). The first-order chi connectivity index (χ1) is 14.5. The Hall–Kier alpha value is -2.34. The molecule has 0 spiro atoms. The van der Waals surface area contributed by atoms with Crippen LogP contribution in [0.15, 0.2) is 35.3 Å². The summed E-state index contributed by atoms with van der Waals surface area (Å²) in [5.74, 6) is 1.90. The lowest BCUT2D eigenvalue weighted by atomic mass is 9.82. The molecule has 1 aromatic heterocycles. The van der Waals surface area contributed by atoms with Crippen LogP contribution in [0.25, 0.3) is 10.9 Å². The first-order valence-corrected chi connectivity index (χ1v) is 11.4. The lowest BCUT2D eigenvalue weighted by Crippen LogP contribution is -2.56. The van der Waals surface area contributed by atoms with Crippen molar-refractivity contribution in [2.45, 2.75) is 63.7 Å². The molecule has 2 fully saturated rings. The van der Waals surface area contributed by atoms with Crippen LogP contribution in [0.3, 0.4) is 0 Å². The molecule has 162 valence electrons. The molecule has 0 radical (unpaired) electrons. The number of fused-ring (bicyclic) bond motifs is 3. The van der Waals surface area contributed by atoms with Crippen LogP contribution >= 0.6 is 0 Å². The largest absolute Gasteiger partial charge is 0.363 e. The highest BCUT2D eigenvalue weighted by atomic mass is 15.2. The SMILES string of the molecule is CCNC(=NCc1cc(N(C)C)nc2ccccc12)NC1CC2CCCC(C1)N2C. The normalized spacial score (nSPS) is 24.7. The number of nitrogens with zero attached hydrogens (tertiary/aromatic N) is 4. The number of piperidine rings is 2. The summed E-state index contributed by atoms with van der Waals surface area (Å²) in [6.07, 6.45) is 6.45. The quantitative estimate of drug-likeness (QED) is 0.587. The fourth-order valence-corrected chi connectivity index (χ4v) is 5.00. The number of anilines is 1. The van der Waals surface area contributed by atoms with Crippen molar-refractivity contribution in [3.63, 3.8) is 0 Å². The first-order valence-electron chi connectivity index (χ1n) is 11.4. The van der Waals surface area contributed by atoms with Crippen molar-refractivity contribution in [1.82, 2.24) is 20.5 Å². The van der Waals surface area contributed by atoms with Gasteiger partial charge in [-0.1, -0.05) is 24.6 Å². The highest BCUT2D eigenvalue weighted by Crippen LogP contribution is 2.32. The van der Waals surface area contributed by atoms with Crippen molar-refractivity contribution in [1.29, 1.82) is 0 Å². The van der Waals surface area contributed by atoms with Crippen molar-refractivity contribution < 1.29 is 0 Å². The molecule has 6 heteroatoms. The summed E-state index contributed by atoms with van der Waals surface area (Å²) in [7, 11) is 6.38. The second-order valence-electron chi connectivity index (χ2n) is 8.96. The van der Waals surface area contributed by atoms with Gasteiger partial charge >= 0.3 is 0 Å². The van der Waals surface area contributed by atoms with Crippen molar-refractivity contribution in [2.75, 3.05) is 32.6 Å². The average molecular weight is 409 g/mol. The second kappa shape index (κ2) is 9.21. The molecule has 4 rings (SSSR count). The average Bonchev–Trinajstić information content (AvgIpc) is 2.72. The van der Waals surface area contributed by atoms with Gasteiger partial charge in [0.15, 0.2) is 5.96 Å². The van der Waals surface area contributed by atoms with E-state index in [0.29, 0.717) is 24.7 Å². The Labute approximate surface area is 180 Å². The monoisotopic (exact) mass is 408 g/mol. The molecule has 2 aliphatic heterocycles. The molecule has 0 aliphatic carbocycles. The van der Waals surface area contributed by atoms with Crippen LogP contribution in [0.2, 0.25) is 0 Å². The van der Waals surface area contributed by atoms with Gasteiger partial charge < -0.3 is 20.4 Å². The van der Waals surface area contributed by atoms with Crippen LogP contribution in [0.4, 0.5) is 5.82 Å². The van der Waals surface area contributed by atoms with E-state index in [1.54, 1.807) is 0 Å². The number of aliphatic imine (C=N–C) groups is 1. The number of rotatable bonds is 5. The molecule has 0 saturated carbocycles. The molecule has 1 aromatic carbocycles. The molecular weight excluding hydrogens is 372 g/mol. The summed E-state index contributed by atoms with van der Waals surface area (Å²) in [5.41, 5.74) is 2.23. The minimum atomic E-state index is 0.501. The van der Waals surface area contributed by atoms with Crippen LogP contribution in [0.1, 0.15) is 44.6 Å². The van der Waals surface area contributed by atoms with Crippen LogP contribution in [-0.2, 0) is 6.54 Å². The number of guanidine groups is 1. The third kappa shape index (κ3) is 4.53. The minimum absolute atomic E-state index is 0.501. The number of aromatic nitrogens is 1. The molecule has 2 N–H and O–H groups in total. The lowest BCUT2D eigenvalue weighted by molar-refractivity contribution is 0.0526. The van der Waals surface area contributed by atoms with E-state index in [0.717, 1.165) is 23.8 Å². The highest BCUT2D eigenvalue weighted by Gasteiger charge is 2.36. The molecule has 2 atom stereocenters. The van der Waals surface area contributed by atoms with Gasteiger partial charge in [0, 0.05) is 44.2 Å². The third-order valence-corrected chi connectivity index (χ3v) is 6.68. The van der Waals surface area contributed by atoms with E-state index in [9.17, 15) is 0 Å². The van der Waals surface area contributed by atoms with E-state index < -0.39 is 0 Å². The molecule has 6 nitrogen and oxygen atoms in total. The molecule has 2 aromatic rings. The molecule has 2 unspecified atom stereocenters. The van der Waals surface area contributed by atoms with Crippen LogP contribution in [0.5, 0.6) is 0 Å². The van der Waals surface area contributed by atoms with Crippen LogP contribution < -0.4 is 15.5 Å². The van der Waals surface area contributed by atoms with E-state index in [-0.39, 0.29) is 0 Å². The van der Waals surface area contributed by atoms with Crippen molar-refractivity contribution in [3.05, 3.63) is 35.9 Å². The molecule has 3 heterocycles. The summed E-state index contributed by atoms with van der Waals surface area (Å²) < 4.78 is 0. The van der Waals surface area contributed by atoms with E-state index >= 15 is 0 Å². The summed E-state index contributed by atoms with van der Waals surface area (Å²) in [6.45, 7) is 3.64. The topological polar surface area (TPSA) is 55.8 Å². The zero-order chi connectivity index (χ0) is 21.1. The fourth-order valence-electron chi connectivity index (χ4n) is 5.00. The summed E-state index contributed by atoms with van der Waals surface area (Å²) in [5, 5.41) is 8.39. The van der Waals surface area contributed by atoms with Gasteiger partial charge in [-0.05, 0) is 57.4 Å². The number of para-hydroxylation sites is 1. The minimum Gasteiger partial charge on any atom is -0.363 e. The maximum absolute atomic E-state index is 4.98. The van der Waals surface area contributed by atoms with Crippen molar-refractivity contribution >= 4 is 22.7 Å².